The van der Waals surface area contributed by atoms with E-state index >= 15 is 0 Å². The number of aryl methyl sites for hydroxylation is 16. The molecule has 8 aromatic carbocycles. The first-order valence-electron chi connectivity index (χ1n) is 28.8. The van der Waals surface area contributed by atoms with E-state index in [0.29, 0.717) is 22.3 Å². The summed E-state index contributed by atoms with van der Waals surface area (Å²) < 4.78 is 90.8. The Balaban J connectivity index is 0.000000286. The van der Waals surface area contributed by atoms with Gasteiger partial charge in [0.2, 0.25) is 22.0 Å². The number of hydrogen-bond acceptors (Lipinski definition) is 1. The van der Waals surface area contributed by atoms with Crippen LogP contribution in [0.5, 0.6) is 0 Å². The summed E-state index contributed by atoms with van der Waals surface area (Å²) in [5.41, 5.74) is 15.5. The smallest absolute Gasteiger partial charge is 0.411 e. The fourth-order valence-corrected chi connectivity index (χ4v) is 17.5. The molecule has 0 spiro atoms. The van der Waals surface area contributed by atoms with Gasteiger partial charge in [0.05, 0.1) is 0 Å². The lowest BCUT2D eigenvalue weighted by atomic mass is 9.71. The van der Waals surface area contributed by atoms with Gasteiger partial charge < -0.3 is 4.12 Å². The highest BCUT2D eigenvalue weighted by molar-refractivity contribution is 6.96. The van der Waals surface area contributed by atoms with Crippen molar-refractivity contribution in [1.29, 1.82) is 0 Å². The van der Waals surface area contributed by atoms with E-state index in [9.17, 15) is 26.3 Å². The minimum absolute atomic E-state index is 0.374. The Morgan fingerprint density at radius 2 is 0.518 bits per heavy atom. The Kier molecular flexibility index (Phi) is 26.1. The molecule has 446 valence electrons. The maximum atomic E-state index is 14.0. The van der Waals surface area contributed by atoms with Crippen LogP contribution in [0.15, 0.2) is 158 Å². The topological polar surface area (TPSA) is 9.23 Å². The molecule has 1 nitrogen and oxygen atoms in total. The first-order valence-corrected chi connectivity index (χ1v) is 34.6. The molecule has 0 aliphatic heterocycles. The van der Waals surface area contributed by atoms with Gasteiger partial charge in [-0.2, -0.15) is 26.3 Å². The highest BCUT2D eigenvalue weighted by Gasteiger charge is 2.72. The molecule has 0 heterocycles. The number of halogens is 6. The van der Waals surface area contributed by atoms with E-state index in [1.807, 2.05) is 13.8 Å². The molecule has 0 saturated carbocycles. The third-order valence-corrected chi connectivity index (χ3v) is 23.5. The molecular weight excluding hydrogens is 1070 g/mol. The molecule has 0 amide bonds. The van der Waals surface area contributed by atoms with Gasteiger partial charge >= 0.3 is 12.4 Å². The van der Waals surface area contributed by atoms with Gasteiger partial charge in [0.1, 0.15) is 0 Å². The second kappa shape index (κ2) is 30.5. The molecule has 0 atom stereocenters. The number of alkyl halides is 6. The van der Waals surface area contributed by atoms with E-state index in [2.05, 4.69) is 231 Å². The summed E-state index contributed by atoms with van der Waals surface area (Å²) in [5, 5.41) is 2.79. The summed E-state index contributed by atoms with van der Waals surface area (Å²) in [4.78, 5) is 0. The summed E-state index contributed by atoms with van der Waals surface area (Å²) in [5.74, 6) is 0. The lowest BCUT2D eigenvalue weighted by molar-refractivity contribution is -0.288. The Bertz CT molecular complexity index is 3120. The molecule has 0 unspecified atom stereocenters. The highest BCUT2D eigenvalue weighted by Crippen LogP contribution is 2.56. The van der Waals surface area contributed by atoms with Crippen LogP contribution in [0, 0.1) is 111 Å². The molecular formula is C74H94F6OSi2. The lowest BCUT2D eigenvalue weighted by Gasteiger charge is -2.38. The Morgan fingerprint density at radius 3 is 0.747 bits per heavy atom. The van der Waals surface area contributed by atoms with Crippen molar-refractivity contribution in [3.05, 3.63) is 269 Å². The standard InChI is InChI=1S/C20H30OSi2.C19H18F6.C17H20.2C8H10.C2H6/c1-15-9-11-19(13-17(15)3)22(5,6)21-23(7,8)20-12-10-16(2)18(4)14-20;1-11-5-7-15(9-13(11)3)17(18(20,21)22,19(23,24)25)16-8-6-12(2)14(4)10-16;1-12-5-7-16(9-14(12)3)11-17-8-6-13(2)15(4)10-17;2*1-7-5-3-4-6-8(7)2;1-2/h9-14H,1-8H3;5-10H,1-4H3;5-10H,11H2,1-4H3;2*3-6H,1-2H3;1-2H3. The fraction of sp³-hybridized carbons (Fsp3) is 0.351. The zero-order valence-corrected chi connectivity index (χ0v) is 55.9. The van der Waals surface area contributed by atoms with Crippen LogP contribution in [0.4, 0.5) is 26.3 Å². The molecule has 0 N–H and O–H groups in total. The minimum atomic E-state index is -5.55. The van der Waals surface area contributed by atoms with Crippen LogP contribution in [0.25, 0.3) is 0 Å². The molecule has 0 bridgehead atoms. The van der Waals surface area contributed by atoms with Crippen LogP contribution in [0.3, 0.4) is 0 Å². The molecule has 0 aliphatic rings. The van der Waals surface area contributed by atoms with Gasteiger partial charge in [-0.05, 0) is 265 Å². The van der Waals surface area contributed by atoms with E-state index < -0.39 is 45.5 Å². The van der Waals surface area contributed by atoms with Crippen LogP contribution in [0.2, 0.25) is 26.2 Å². The first-order chi connectivity index (χ1) is 38.5. The maximum absolute atomic E-state index is 14.0. The predicted octanol–water partition coefficient (Wildman–Crippen LogP) is 20.9. The average Bonchev–Trinajstić information content (AvgIpc) is 3.39. The van der Waals surface area contributed by atoms with E-state index in [-0.39, 0.29) is 0 Å². The minimum Gasteiger partial charge on any atom is -0.449 e. The van der Waals surface area contributed by atoms with Gasteiger partial charge in [0.25, 0.3) is 0 Å². The molecule has 0 radical (unpaired) electrons. The molecule has 0 aromatic heterocycles. The van der Waals surface area contributed by atoms with Crippen LogP contribution in [-0.2, 0) is 16.0 Å². The molecule has 0 saturated heterocycles. The van der Waals surface area contributed by atoms with Crippen molar-refractivity contribution in [3.8, 4) is 0 Å². The molecule has 9 heteroatoms. The molecule has 0 fully saturated rings. The lowest BCUT2D eigenvalue weighted by Crippen LogP contribution is -2.57. The zero-order valence-electron chi connectivity index (χ0n) is 53.9. The third-order valence-electron chi connectivity index (χ3n) is 16.0. The van der Waals surface area contributed by atoms with E-state index in [0.717, 1.165) is 30.7 Å². The highest BCUT2D eigenvalue weighted by atomic mass is 28.4. The van der Waals surface area contributed by atoms with Gasteiger partial charge in [-0.15, -0.1) is 0 Å². The summed E-state index contributed by atoms with van der Waals surface area (Å²) in [6, 6.07) is 50.2. The molecule has 8 rings (SSSR count). The number of hydrogen-bond donors (Lipinski definition) is 0. The largest absolute Gasteiger partial charge is 0.449 e. The second-order valence-electron chi connectivity index (χ2n) is 23.2. The predicted molar refractivity (Wildman–Crippen MR) is 350 cm³/mol. The van der Waals surface area contributed by atoms with Crippen molar-refractivity contribution >= 4 is 27.0 Å². The van der Waals surface area contributed by atoms with Gasteiger partial charge in [-0.3, -0.25) is 0 Å². The van der Waals surface area contributed by atoms with Crippen molar-refractivity contribution in [2.45, 2.75) is 175 Å². The average molecular weight is 1170 g/mol. The SMILES string of the molecule is CC.Cc1ccc(C(c2ccc(C)c(C)c2)(C(F)(F)F)C(F)(F)F)cc1C.Cc1ccc(Cc2ccc(C)c(C)c2)cc1C.Cc1ccc([Si](C)(C)O[Si](C)(C)c2ccc(C)c(C)c2)cc1C.Cc1ccccc1C.Cc1ccccc1C. The van der Waals surface area contributed by atoms with Crippen LogP contribution in [0.1, 0.15) is 125 Å². The van der Waals surface area contributed by atoms with Crippen LogP contribution >= 0.6 is 0 Å². The van der Waals surface area contributed by atoms with Crippen molar-refractivity contribution in [2.24, 2.45) is 0 Å². The fourth-order valence-electron chi connectivity index (χ4n) is 9.31. The Hall–Kier alpha value is -6.27. The summed E-state index contributed by atoms with van der Waals surface area (Å²) in [7, 11) is -3.84. The van der Waals surface area contributed by atoms with Gasteiger partial charge in [0.15, 0.2) is 0 Å². The number of benzene rings is 8. The van der Waals surface area contributed by atoms with Crippen molar-refractivity contribution < 1.29 is 30.5 Å². The van der Waals surface area contributed by atoms with E-state index in [1.165, 1.54) is 114 Å². The Morgan fingerprint density at radius 1 is 0.289 bits per heavy atom. The van der Waals surface area contributed by atoms with Crippen LogP contribution in [-0.4, -0.2) is 29.0 Å². The van der Waals surface area contributed by atoms with E-state index in [1.54, 1.807) is 13.8 Å². The molecule has 0 aliphatic carbocycles. The zero-order chi connectivity index (χ0) is 63.0. The third kappa shape index (κ3) is 19.4. The molecule has 83 heavy (non-hydrogen) atoms. The quantitative estimate of drug-likeness (QED) is 0.109. The Labute approximate surface area is 498 Å². The van der Waals surface area contributed by atoms with Crippen LogP contribution < -0.4 is 10.4 Å². The van der Waals surface area contributed by atoms with Crippen molar-refractivity contribution in [2.75, 3.05) is 0 Å². The summed E-state index contributed by atoms with van der Waals surface area (Å²) in [6.07, 6.45) is -10.1. The van der Waals surface area contributed by atoms with Gasteiger partial charge in [-0.1, -0.05) is 172 Å². The maximum Gasteiger partial charge on any atom is 0.411 e. The monoisotopic (exact) mass is 1170 g/mol. The van der Waals surface area contributed by atoms with Gasteiger partial charge in [-0.25, -0.2) is 0 Å². The van der Waals surface area contributed by atoms with Gasteiger partial charge in [0, 0.05) is 0 Å². The van der Waals surface area contributed by atoms with Crippen molar-refractivity contribution in [1.82, 2.24) is 0 Å². The summed E-state index contributed by atoms with van der Waals surface area (Å²) >= 11 is 0. The molecule has 8 aromatic rings. The van der Waals surface area contributed by atoms with E-state index in [4.69, 9.17) is 4.12 Å². The number of rotatable bonds is 8. The normalized spacial score (nSPS) is 11.5. The summed E-state index contributed by atoms with van der Waals surface area (Å²) in [6.45, 7) is 45.5. The van der Waals surface area contributed by atoms with Crippen molar-refractivity contribution in [3.63, 3.8) is 0 Å². The first kappa shape index (κ1) is 71.0. The second-order valence-corrected chi connectivity index (χ2v) is 31.3.